The molecule has 0 saturated carbocycles. The molecule has 1 fully saturated rings. The average Bonchev–Trinajstić information content (AvgIpc) is 3.27. The normalized spacial score (nSPS) is 17.2. The van der Waals surface area contributed by atoms with Gasteiger partial charge in [-0.3, -0.25) is 9.89 Å². The molecule has 4 rings (SSSR count). The molecule has 2 heterocycles. The van der Waals surface area contributed by atoms with Gasteiger partial charge < -0.3 is 9.64 Å². The van der Waals surface area contributed by atoms with Crippen molar-refractivity contribution < 1.29 is 9.53 Å². The van der Waals surface area contributed by atoms with Crippen LogP contribution in [0.2, 0.25) is 0 Å². The molecule has 2 aromatic carbocycles. The maximum Gasteiger partial charge on any atom is 0.268 e. The van der Waals surface area contributed by atoms with Crippen molar-refractivity contribution in [3.63, 3.8) is 0 Å². The van der Waals surface area contributed by atoms with E-state index in [2.05, 4.69) is 10.2 Å². The Hall–Kier alpha value is -3.08. The molecule has 24 heavy (non-hydrogen) atoms. The summed E-state index contributed by atoms with van der Waals surface area (Å²) in [6.45, 7) is 0.668. The highest BCUT2D eigenvalue weighted by molar-refractivity contribution is 5.99. The van der Waals surface area contributed by atoms with Crippen molar-refractivity contribution >= 4 is 11.6 Å². The van der Waals surface area contributed by atoms with E-state index in [-0.39, 0.29) is 5.91 Å². The minimum absolute atomic E-state index is 0.00918. The van der Waals surface area contributed by atoms with E-state index in [1.54, 1.807) is 11.1 Å². The molecule has 120 valence electrons. The van der Waals surface area contributed by atoms with Crippen LogP contribution in [0.3, 0.4) is 0 Å². The number of aromatic nitrogens is 2. The molecule has 0 spiro atoms. The van der Waals surface area contributed by atoms with E-state index in [0.29, 0.717) is 13.0 Å². The van der Waals surface area contributed by atoms with Gasteiger partial charge in [-0.1, -0.05) is 30.3 Å². The highest BCUT2D eigenvalue weighted by Gasteiger charge is 2.34. The summed E-state index contributed by atoms with van der Waals surface area (Å²) in [6, 6.07) is 17.4. The predicted octanol–water partition coefficient (Wildman–Crippen LogP) is 3.26. The molecule has 1 unspecified atom stereocenters. The third-order valence-corrected chi connectivity index (χ3v) is 4.19. The predicted molar refractivity (Wildman–Crippen MR) is 91.9 cm³/mol. The van der Waals surface area contributed by atoms with E-state index >= 15 is 0 Å². The Morgan fingerprint density at radius 2 is 1.83 bits per heavy atom. The van der Waals surface area contributed by atoms with Gasteiger partial charge in [-0.05, 0) is 29.8 Å². The summed E-state index contributed by atoms with van der Waals surface area (Å²) in [6.07, 6.45) is 3.90. The van der Waals surface area contributed by atoms with Crippen molar-refractivity contribution in [1.82, 2.24) is 10.2 Å². The fourth-order valence-electron chi connectivity index (χ4n) is 2.93. The first-order valence-corrected chi connectivity index (χ1v) is 7.93. The molecule has 1 amide bonds. The zero-order valence-corrected chi connectivity index (χ0v) is 13.1. The summed E-state index contributed by atoms with van der Waals surface area (Å²) >= 11 is 0. The number of para-hydroxylation sites is 1. The van der Waals surface area contributed by atoms with E-state index in [0.717, 1.165) is 22.6 Å². The Balaban J connectivity index is 1.48. The van der Waals surface area contributed by atoms with Crippen molar-refractivity contribution in [2.75, 3.05) is 11.4 Å². The van der Waals surface area contributed by atoms with Crippen LogP contribution in [-0.2, 0) is 4.79 Å². The highest BCUT2D eigenvalue weighted by Crippen LogP contribution is 2.27. The lowest BCUT2D eigenvalue weighted by molar-refractivity contribution is -0.122. The molecule has 0 aliphatic carbocycles. The van der Waals surface area contributed by atoms with Gasteiger partial charge in [0.25, 0.3) is 5.91 Å². The second-order valence-electron chi connectivity index (χ2n) is 5.73. The minimum atomic E-state index is -0.416. The van der Waals surface area contributed by atoms with Gasteiger partial charge in [0.1, 0.15) is 5.75 Å². The lowest BCUT2D eigenvalue weighted by Crippen LogP contribution is -2.32. The summed E-state index contributed by atoms with van der Waals surface area (Å²) in [5.41, 5.74) is 2.99. The van der Waals surface area contributed by atoms with Crippen LogP contribution in [0.5, 0.6) is 5.75 Å². The fourth-order valence-corrected chi connectivity index (χ4v) is 2.93. The van der Waals surface area contributed by atoms with Gasteiger partial charge in [-0.2, -0.15) is 5.10 Å². The second kappa shape index (κ2) is 6.20. The Bertz CT molecular complexity index is 814. The monoisotopic (exact) mass is 319 g/mol. The molecule has 1 aromatic heterocycles. The molecule has 1 saturated heterocycles. The van der Waals surface area contributed by atoms with Gasteiger partial charge in [0.2, 0.25) is 0 Å². The lowest BCUT2D eigenvalue weighted by atomic mass is 10.1. The number of nitrogens with zero attached hydrogens (tertiary/aromatic N) is 2. The van der Waals surface area contributed by atoms with Crippen molar-refractivity contribution in [2.24, 2.45) is 0 Å². The SMILES string of the molecule is O=C1C(Oc2ccccc2)CCN1c1ccc(-c2cn[nH]c2)cc1. The number of nitrogens with one attached hydrogen (secondary N) is 1. The van der Waals surface area contributed by atoms with Gasteiger partial charge in [-0.15, -0.1) is 0 Å². The molecule has 1 aliphatic heterocycles. The van der Waals surface area contributed by atoms with Crippen molar-refractivity contribution in [1.29, 1.82) is 0 Å². The Morgan fingerprint density at radius 3 is 2.54 bits per heavy atom. The zero-order chi connectivity index (χ0) is 16.4. The van der Waals surface area contributed by atoms with E-state index in [1.165, 1.54) is 0 Å². The van der Waals surface area contributed by atoms with Crippen molar-refractivity contribution in [3.8, 4) is 16.9 Å². The summed E-state index contributed by atoms with van der Waals surface area (Å²) in [7, 11) is 0. The van der Waals surface area contributed by atoms with Crippen LogP contribution in [0.4, 0.5) is 5.69 Å². The number of ether oxygens (including phenoxy) is 1. The Kier molecular flexibility index (Phi) is 3.75. The lowest BCUT2D eigenvalue weighted by Gasteiger charge is -2.17. The molecule has 0 radical (unpaired) electrons. The number of benzene rings is 2. The maximum atomic E-state index is 12.6. The average molecular weight is 319 g/mol. The van der Waals surface area contributed by atoms with E-state index in [1.807, 2.05) is 60.8 Å². The first kappa shape index (κ1) is 14.5. The third-order valence-electron chi connectivity index (χ3n) is 4.19. The first-order valence-electron chi connectivity index (χ1n) is 7.93. The standard InChI is InChI=1S/C19H17N3O2/c23-19-18(24-17-4-2-1-3-5-17)10-11-22(19)16-8-6-14(7-9-16)15-12-20-21-13-15/h1-9,12-13,18H,10-11H2,(H,20,21). The van der Waals surface area contributed by atoms with Crippen LogP contribution in [-0.4, -0.2) is 28.8 Å². The zero-order valence-electron chi connectivity index (χ0n) is 13.1. The topological polar surface area (TPSA) is 58.2 Å². The molecular formula is C19H17N3O2. The summed E-state index contributed by atoms with van der Waals surface area (Å²) < 4.78 is 5.82. The van der Waals surface area contributed by atoms with E-state index < -0.39 is 6.10 Å². The Morgan fingerprint density at radius 1 is 1.04 bits per heavy atom. The number of carbonyl (C=O) groups excluding carboxylic acids is 1. The van der Waals surface area contributed by atoms with E-state index in [9.17, 15) is 4.79 Å². The minimum Gasteiger partial charge on any atom is -0.481 e. The molecule has 1 atom stereocenters. The molecule has 5 heteroatoms. The smallest absolute Gasteiger partial charge is 0.268 e. The first-order chi connectivity index (χ1) is 11.8. The summed E-state index contributed by atoms with van der Waals surface area (Å²) in [4.78, 5) is 14.4. The number of aromatic amines is 1. The maximum absolute atomic E-state index is 12.6. The molecule has 1 N–H and O–H groups in total. The quantitative estimate of drug-likeness (QED) is 0.803. The number of carbonyl (C=O) groups is 1. The fraction of sp³-hybridized carbons (Fsp3) is 0.158. The number of hydrogen-bond donors (Lipinski definition) is 1. The molecule has 0 bridgehead atoms. The summed E-state index contributed by atoms with van der Waals surface area (Å²) in [5, 5.41) is 6.76. The molecular weight excluding hydrogens is 302 g/mol. The largest absolute Gasteiger partial charge is 0.481 e. The van der Waals surface area contributed by atoms with Crippen LogP contribution in [0.25, 0.3) is 11.1 Å². The van der Waals surface area contributed by atoms with Crippen LogP contribution in [0, 0.1) is 0 Å². The van der Waals surface area contributed by atoms with Gasteiger partial charge in [0, 0.05) is 30.4 Å². The van der Waals surface area contributed by atoms with Crippen LogP contribution in [0.1, 0.15) is 6.42 Å². The number of amides is 1. The number of rotatable bonds is 4. The number of H-pyrrole nitrogens is 1. The summed E-state index contributed by atoms with van der Waals surface area (Å²) in [5.74, 6) is 0.739. The van der Waals surface area contributed by atoms with Gasteiger partial charge in [0.05, 0.1) is 6.20 Å². The number of anilines is 1. The van der Waals surface area contributed by atoms with E-state index in [4.69, 9.17) is 4.74 Å². The van der Waals surface area contributed by atoms with Gasteiger partial charge in [0.15, 0.2) is 6.10 Å². The highest BCUT2D eigenvalue weighted by atomic mass is 16.5. The van der Waals surface area contributed by atoms with Gasteiger partial charge in [-0.25, -0.2) is 0 Å². The second-order valence-corrected chi connectivity index (χ2v) is 5.73. The molecule has 3 aromatic rings. The Labute approximate surface area is 139 Å². The van der Waals surface area contributed by atoms with Crippen LogP contribution in [0.15, 0.2) is 67.0 Å². The van der Waals surface area contributed by atoms with Crippen molar-refractivity contribution in [2.45, 2.75) is 12.5 Å². The van der Waals surface area contributed by atoms with Crippen molar-refractivity contribution in [3.05, 3.63) is 67.0 Å². The van der Waals surface area contributed by atoms with Gasteiger partial charge >= 0.3 is 0 Å². The molecule has 5 nitrogen and oxygen atoms in total. The molecule has 1 aliphatic rings. The number of hydrogen-bond acceptors (Lipinski definition) is 3. The van der Waals surface area contributed by atoms with Crippen LogP contribution >= 0.6 is 0 Å². The van der Waals surface area contributed by atoms with Crippen LogP contribution < -0.4 is 9.64 Å². The third kappa shape index (κ3) is 2.76.